The quantitative estimate of drug-likeness (QED) is 0.886. The van der Waals surface area contributed by atoms with Gasteiger partial charge in [-0.25, -0.2) is 8.42 Å². The van der Waals surface area contributed by atoms with Crippen LogP contribution in [0.3, 0.4) is 0 Å². The standard InChI is InChI=1S/C10H14BrClN2O2S2/c11-10-8(12)5-9(17-10)18(15,16)14-4-2-1-3-7(14)6-13/h5,7H,1-4,6,13H2. The predicted octanol–water partition coefficient (Wildman–Crippen LogP) is 2.67. The van der Waals surface area contributed by atoms with Crippen molar-refractivity contribution in [1.29, 1.82) is 0 Å². The van der Waals surface area contributed by atoms with Crippen LogP contribution in [0, 0.1) is 0 Å². The van der Waals surface area contributed by atoms with E-state index in [0.29, 0.717) is 21.9 Å². The molecule has 1 unspecified atom stereocenters. The molecule has 2 heterocycles. The van der Waals surface area contributed by atoms with Crippen LogP contribution in [0.2, 0.25) is 5.02 Å². The summed E-state index contributed by atoms with van der Waals surface area (Å²) >= 11 is 10.3. The average Bonchev–Trinajstić information content (AvgIpc) is 2.70. The molecule has 1 aromatic rings. The number of sulfonamides is 1. The molecule has 1 fully saturated rings. The van der Waals surface area contributed by atoms with E-state index in [-0.39, 0.29) is 10.3 Å². The molecule has 8 heteroatoms. The number of thiophene rings is 1. The van der Waals surface area contributed by atoms with Gasteiger partial charge < -0.3 is 5.73 Å². The van der Waals surface area contributed by atoms with Crippen LogP contribution < -0.4 is 5.73 Å². The second-order valence-electron chi connectivity index (χ2n) is 4.19. The van der Waals surface area contributed by atoms with Crippen molar-refractivity contribution in [2.45, 2.75) is 29.5 Å². The first-order valence-corrected chi connectivity index (χ1v) is 9.06. The molecule has 1 aliphatic heterocycles. The lowest BCUT2D eigenvalue weighted by atomic mass is 10.1. The summed E-state index contributed by atoms with van der Waals surface area (Å²) in [5, 5.41) is 0.430. The number of nitrogens with two attached hydrogens (primary N) is 1. The molecule has 1 aromatic heterocycles. The predicted molar refractivity (Wildman–Crippen MR) is 77.6 cm³/mol. The second kappa shape index (κ2) is 5.76. The first-order valence-electron chi connectivity index (χ1n) is 5.63. The minimum Gasteiger partial charge on any atom is -0.329 e. The van der Waals surface area contributed by atoms with Crippen molar-refractivity contribution in [3.05, 3.63) is 14.9 Å². The highest BCUT2D eigenvalue weighted by Crippen LogP contribution is 2.37. The summed E-state index contributed by atoms with van der Waals surface area (Å²) in [5.41, 5.74) is 5.67. The fourth-order valence-corrected chi connectivity index (χ4v) is 6.33. The molecule has 1 aliphatic rings. The lowest BCUT2D eigenvalue weighted by molar-refractivity contribution is 0.258. The SMILES string of the molecule is NCC1CCCCN1S(=O)(=O)c1cc(Cl)c(Br)s1. The monoisotopic (exact) mass is 372 g/mol. The minimum absolute atomic E-state index is 0.0941. The van der Waals surface area contributed by atoms with Crippen LogP contribution in [0.15, 0.2) is 14.1 Å². The van der Waals surface area contributed by atoms with Gasteiger partial charge in [-0.1, -0.05) is 18.0 Å². The van der Waals surface area contributed by atoms with E-state index in [1.165, 1.54) is 10.4 Å². The third-order valence-corrected chi connectivity index (χ3v) is 7.91. The molecule has 18 heavy (non-hydrogen) atoms. The van der Waals surface area contributed by atoms with E-state index in [0.717, 1.165) is 30.6 Å². The molecule has 2 rings (SSSR count). The molecule has 0 aromatic carbocycles. The zero-order valence-electron chi connectivity index (χ0n) is 9.60. The molecule has 102 valence electrons. The molecule has 0 bridgehead atoms. The Morgan fingerprint density at radius 3 is 2.83 bits per heavy atom. The van der Waals surface area contributed by atoms with Crippen LogP contribution in [-0.2, 0) is 10.0 Å². The summed E-state index contributed by atoms with van der Waals surface area (Å²) in [5.74, 6) is 0. The van der Waals surface area contributed by atoms with Crippen molar-refractivity contribution in [2.24, 2.45) is 5.73 Å². The number of rotatable bonds is 3. The third-order valence-electron chi connectivity index (χ3n) is 3.03. The Kier molecular flexibility index (Phi) is 4.72. The number of piperidine rings is 1. The summed E-state index contributed by atoms with van der Waals surface area (Å²) < 4.78 is 27.5. The van der Waals surface area contributed by atoms with Crippen LogP contribution in [-0.4, -0.2) is 31.9 Å². The Morgan fingerprint density at radius 2 is 2.28 bits per heavy atom. The summed E-state index contributed by atoms with van der Waals surface area (Å²) in [7, 11) is -3.47. The van der Waals surface area contributed by atoms with Crippen molar-refractivity contribution in [1.82, 2.24) is 4.31 Å². The fraction of sp³-hybridized carbons (Fsp3) is 0.600. The largest absolute Gasteiger partial charge is 0.329 e. The van der Waals surface area contributed by atoms with E-state index in [4.69, 9.17) is 17.3 Å². The smallest absolute Gasteiger partial charge is 0.252 e. The van der Waals surface area contributed by atoms with E-state index in [1.807, 2.05) is 0 Å². The van der Waals surface area contributed by atoms with Gasteiger partial charge in [-0.15, -0.1) is 11.3 Å². The summed E-state index contributed by atoms with van der Waals surface area (Å²) in [6.07, 6.45) is 2.74. The molecule has 0 aliphatic carbocycles. The Balaban J connectivity index is 2.35. The van der Waals surface area contributed by atoms with Crippen LogP contribution in [0.1, 0.15) is 19.3 Å². The maximum Gasteiger partial charge on any atom is 0.252 e. The Labute approximate surface area is 124 Å². The zero-order chi connectivity index (χ0) is 13.3. The topological polar surface area (TPSA) is 63.4 Å². The molecule has 2 N–H and O–H groups in total. The van der Waals surface area contributed by atoms with Crippen molar-refractivity contribution in [3.63, 3.8) is 0 Å². The van der Waals surface area contributed by atoms with Gasteiger partial charge in [-0.2, -0.15) is 4.31 Å². The van der Waals surface area contributed by atoms with Gasteiger partial charge in [0.1, 0.15) is 4.21 Å². The Morgan fingerprint density at radius 1 is 1.56 bits per heavy atom. The fourth-order valence-electron chi connectivity index (χ4n) is 2.10. The minimum atomic E-state index is -3.47. The lowest BCUT2D eigenvalue weighted by Crippen LogP contribution is -2.47. The van der Waals surface area contributed by atoms with E-state index >= 15 is 0 Å². The number of nitrogens with zero attached hydrogens (tertiary/aromatic N) is 1. The van der Waals surface area contributed by atoms with E-state index in [2.05, 4.69) is 15.9 Å². The first-order chi connectivity index (χ1) is 8.46. The van der Waals surface area contributed by atoms with Gasteiger partial charge in [0.15, 0.2) is 0 Å². The molecule has 0 saturated carbocycles. The zero-order valence-corrected chi connectivity index (χ0v) is 13.6. The van der Waals surface area contributed by atoms with Crippen molar-refractivity contribution >= 4 is 48.9 Å². The lowest BCUT2D eigenvalue weighted by Gasteiger charge is -2.33. The number of hydrogen-bond donors (Lipinski definition) is 1. The molecule has 1 atom stereocenters. The molecule has 0 amide bonds. The van der Waals surface area contributed by atoms with Gasteiger partial charge in [-0.3, -0.25) is 0 Å². The highest BCUT2D eigenvalue weighted by Gasteiger charge is 2.34. The van der Waals surface area contributed by atoms with Gasteiger partial charge in [0.25, 0.3) is 10.0 Å². The summed E-state index contributed by atoms with van der Waals surface area (Å²) in [6, 6.07) is 1.40. The Hall–Kier alpha value is 0.340. The number of hydrogen-bond acceptors (Lipinski definition) is 4. The van der Waals surface area contributed by atoms with Crippen molar-refractivity contribution < 1.29 is 8.42 Å². The molecular weight excluding hydrogens is 360 g/mol. The van der Waals surface area contributed by atoms with E-state index < -0.39 is 10.0 Å². The van der Waals surface area contributed by atoms with Gasteiger partial charge in [0, 0.05) is 19.1 Å². The van der Waals surface area contributed by atoms with Crippen LogP contribution in [0.25, 0.3) is 0 Å². The van der Waals surface area contributed by atoms with Crippen molar-refractivity contribution in [2.75, 3.05) is 13.1 Å². The van der Waals surface area contributed by atoms with Crippen LogP contribution in [0.5, 0.6) is 0 Å². The summed E-state index contributed by atoms with van der Waals surface area (Å²) in [4.78, 5) is 0. The Bertz CT molecular complexity index is 512. The second-order valence-corrected chi connectivity index (χ2v) is 9.08. The number of halogens is 2. The van der Waals surface area contributed by atoms with Gasteiger partial charge in [0.2, 0.25) is 0 Å². The van der Waals surface area contributed by atoms with Gasteiger partial charge in [0.05, 0.1) is 8.81 Å². The highest BCUT2D eigenvalue weighted by atomic mass is 79.9. The summed E-state index contributed by atoms with van der Waals surface area (Å²) in [6.45, 7) is 0.900. The first kappa shape index (κ1) is 14.7. The third kappa shape index (κ3) is 2.76. The highest BCUT2D eigenvalue weighted by molar-refractivity contribution is 9.11. The van der Waals surface area contributed by atoms with E-state index in [9.17, 15) is 8.42 Å². The molecule has 0 radical (unpaired) electrons. The normalized spacial score (nSPS) is 22.3. The van der Waals surface area contributed by atoms with Crippen LogP contribution >= 0.6 is 38.9 Å². The maximum absolute atomic E-state index is 12.5. The average molecular weight is 374 g/mol. The molecule has 1 saturated heterocycles. The maximum atomic E-state index is 12.5. The van der Waals surface area contributed by atoms with Gasteiger partial charge in [-0.05, 0) is 34.8 Å². The molecule has 0 spiro atoms. The van der Waals surface area contributed by atoms with Gasteiger partial charge >= 0.3 is 0 Å². The van der Waals surface area contributed by atoms with Crippen LogP contribution in [0.4, 0.5) is 0 Å². The molecular formula is C10H14BrClN2O2S2. The molecule has 4 nitrogen and oxygen atoms in total. The van der Waals surface area contributed by atoms with Crippen molar-refractivity contribution in [3.8, 4) is 0 Å². The van der Waals surface area contributed by atoms with E-state index in [1.54, 1.807) is 0 Å².